The summed E-state index contributed by atoms with van der Waals surface area (Å²) in [6, 6.07) is 2.33. The molecule has 0 radical (unpaired) electrons. The average Bonchev–Trinajstić information content (AvgIpc) is 2.91. The number of nitrogens with zero attached hydrogens (tertiary/aromatic N) is 6. The van der Waals surface area contributed by atoms with Gasteiger partial charge in [0.25, 0.3) is 0 Å². The zero-order valence-electron chi connectivity index (χ0n) is 19.9. The third-order valence-electron chi connectivity index (χ3n) is 4.86. The van der Waals surface area contributed by atoms with Gasteiger partial charge in [-0.2, -0.15) is 19.9 Å². The number of methoxy groups -OCH3 is 2. The number of aromatic nitrogens is 6. The van der Waals surface area contributed by atoms with Gasteiger partial charge in [-0.3, -0.25) is 0 Å². The zero-order chi connectivity index (χ0) is 28.6. The van der Waals surface area contributed by atoms with Crippen LogP contribution in [0, 0.1) is 0 Å². The summed E-state index contributed by atoms with van der Waals surface area (Å²) in [5.74, 6) is -4.53. The van der Waals surface area contributed by atoms with Gasteiger partial charge < -0.3 is 38.6 Å². The lowest BCUT2D eigenvalue weighted by Gasteiger charge is -2.15. The zero-order valence-corrected chi connectivity index (χ0v) is 21.4. The maximum absolute atomic E-state index is 12.3. The number of rotatable bonds is 2. The molecule has 2 N–H and O–H groups in total. The summed E-state index contributed by atoms with van der Waals surface area (Å²) in [6.45, 7) is 0. The fraction of sp³-hybridized carbons (Fsp3) is 0.0909. The third kappa shape index (κ3) is 5.33. The second-order valence-corrected chi connectivity index (χ2v) is 8.05. The Bertz CT molecular complexity index is 1470. The van der Waals surface area contributed by atoms with Crippen LogP contribution in [0.15, 0.2) is 24.3 Å². The van der Waals surface area contributed by atoms with E-state index in [9.17, 15) is 19.8 Å². The van der Waals surface area contributed by atoms with Gasteiger partial charge in [0.15, 0.2) is 23.0 Å². The van der Waals surface area contributed by atoms with E-state index in [1.54, 1.807) is 0 Å². The fourth-order valence-corrected chi connectivity index (χ4v) is 3.44. The van der Waals surface area contributed by atoms with Crippen LogP contribution >= 0.6 is 23.2 Å². The largest absolute Gasteiger partial charge is 0.502 e. The summed E-state index contributed by atoms with van der Waals surface area (Å²) in [5.41, 5.74) is -0.259. The second kappa shape index (κ2) is 10.5. The summed E-state index contributed by atoms with van der Waals surface area (Å²) >= 11 is 12.0. The first-order chi connectivity index (χ1) is 19.1. The number of ether oxygens (including phenoxy) is 6. The van der Waals surface area contributed by atoms with E-state index >= 15 is 0 Å². The van der Waals surface area contributed by atoms with Crippen molar-refractivity contribution < 1.29 is 48.2 Å². The van der Waals surface area contributed by atoms with Crippen LogP contribution in [0.2, 0.25) is 10.6 Å². The van der Waals surface area contributed by atoms with Crippen molar-refractivity contribution in [2.24, 2.45) is 0 Å². The molecule has 0 atom stereocenters. The van der Waals surface area contributed by atoms with E-state index in [1.807, 2.05) is 0 Å². The van der Waals surface area contributed by atoms with Crippen molar-refractivity contribution in [1.82, 2.24) is 29.9 Å². The van der Waals surface area contributed by atoms with Gasteiger partial charge in [-0.15, -0.1) is 9.97 Å². The Morgan fingerprint density at radius 2 is 0.875 bits per heavy atom. The molecule has 0 unspecified atom stereocenters. The Kier molecular flexibility index (Phi) is 6.93. The minimum Gasteiger partial charge on any atom is -0.502 e. The van der Waals surface area contributed by atoms with E-state index < -0.39 is 81.0 Å². The number of hydrogen-bond donors (Lipinski definition) is 2. The SMILES string of the molecule is COC(=O)c1cc2c(O)c(c1)Oc1nc(Cl)nc(n1)Oc1cc(C(=O)OC)cc(c1O)Oc1nc(Cl)nc(n1)O2. The van der Waals surface area contributed by atoms with Crippen molar-refractivity contribution in [3.8, 4) is 58.5 Å². The Labute approximate surface area is 232 Å². The van der Waals surface area contributed by atoms with Crippen LogP contribution in [0.3, 0.4) is 0 Å². The van der Waals surface area contributed by atoms with Crippen LogP contribution < -0.4 is 18.9 Å². The van der Waals surface area contributed by atoms with Gasteiger partial charge in [-0.1, -0.05) is 0 Å². The number of hydrogen-bond acceptors (Lipinski definition) is 16. The monoisotopic (exact) mass is 590 g/mol. The van der Waals surface area contributed by atoms with Gasteiger partial charge in [0.2, 0.25) is 22.1 Å². The Hall–Kier alpha value is -5.22. The lowest BCUT2D eigenvalue weighted by Crippen LogP contribution is -2.06. The molecule has 0 amide bonds. The summed E-state index contributed by atoms with van der Waals surface area (Å²) in [7, 11) is 2.27. The van der Waals surface area contributed by atoms with Crippen LogP contribution in [0.5, 0.6) is 58.5 Å². The van der Waals surface area contributed by atoms with Crippen LogP contribution in [0.25, 0.3) is 0 Å². The molecule has 0 fully saturated rings. The molecule has 204 valence electrons. The molecule has 4 aromatic rings. The molecule has 0 saturated carbocycles. The highest BCUT2D eigenvalue weighted by Crippen LogP contribution is 2.44. The molecule has 3 heterocycles. The van der Waals surface area contributed by atoms with Gasteiger partial charge in [0.1, 0.15) is 0 Å². The topological polar surface area (TPSA) is 207 Å². The number of phenolic OH excluding ortho intramolecular Hbond substituents is 2. The van der Waals surface area contributed by atoms with E-state index in [2.05, 4.69) is 29.9 Å². The number of esters is 2. The molecule has 18 heteroatoms. The predicted molar refractivity (Wildman–Crippen MR) is 129 cm³/mol. The molecule has 1 aliphatic rings. The van der Waals surface area contributed by atoms with Crippen LogP contribution in [-0.2, 0) is 9.47 Å². The van der Waals surface area contributed by atoms with E-state index in [4.69, 9.17) is 51.6 Å². The maximum Gasteiger partial charge on any atom is 0.338 e. The summed E-state index contributed by atoms with van der Waals surface area (Å²) in [4.78, 5) is 47.6. The highest BCUT2D eigenvalue weighted by molar-refractivity contribution is 6.28. The van der Waals surface area contributed by atoms with Crippen LogP contribution in [0.4, 0.5) is 0 Å². The molecule has 40 heavy (non-hydrogen) atoms. The number of halogens is 2. The number of carbonyl (C=O) groups excluding carboxylic acids is 2. The third-order valence-corrected chi connectivity index (χ3v) is 5.20. The second-order valence-electron chi connectivity index (χ2n) is 7.37. The highest BCUT2D eigenvalue weighted by atomic mass is 35.5. The predicted octanol–water partition coefficient (Wildman–Crippen LogP) is 3.83. The van der Waals surface area contributed by atoms with E-state index in [0.29, 0.717) is 0 Å². The lowest BCUT2D eigenvalue weighted by molar-refractivity contribution is 0.0591. The molecule has 0 aliphatic carbocycles. The van der Waals surface area contributed by atoms with Gasteiger partial charge >= 0.3 is 36.0 Å². The molecule has 0 saturated heterocycles. The molecule has 2 aromatic carbocycles. The van der Waals surface area contributed by atoms with Crippen molar-refractivity contribution in [3.05, 3.63) is 46.0 Å². The molecular formula is C22H12Cl2N6O10. The van der Waals surface area contributed by atoms with Crippen LogP contribution in [0.1, 0.15) is 20.7 Å². The fourth-order valence-electron chi connectivity index (χ4n) is 3.15. The number of fused-ring (bicyclic) bond motifs is 8. The Balaban J connectivity index is 1.74. The molecule has 16 nitrogen and oxygen atoms in total. The van der Waals surface area contributed by atoms with E-state index in [0.717, 1.165) is 38.5 Å². The Morgan fingerprint density at radius 1 is 0.600 bits per heavy atom. The first-order valence-electron chi connectivity index (χ1n) is 10.6. The molecule has 2 aromatic heterocycles. The summed E-state index contributed by atoms with van der Waals surface area (Å²) in [5, 5.41) is 20.8. The van der Waals surface area contributed by atoms with Crippen molar-refractivity contribution in [3.63, 3.8) is 0 Å². The van der Waals surface area contributed by atoms with E-state index in [1.165, 1.54) is 0 Å². The summed E-state index contributed by atoms with van der Waals surface area (Å²) in [6.07, 6.45) is 0. The minimum absolute atomic E-state index is 0.130. The molecule has 0 spiro atoms. The normalized spacial score (nSPS) is 11.7. The van der Waals surface area contributed by atoms with Crippen molar-refractivity contribution >= 4 is 35.1 Å². The molecule has 5 rings (SSSR count). The number of phenols is 2. The van der Waals surface area contributed by atoms with Crippen molar-refractivity contribution in [2.75, 3.05) is 14.2 Å². The van der Waals surface area contributed by atoms with Crippen molar-refractivity contribution in [1.29, 1.82) is 0 Å². The van der Waals surface area contributed by atoms with Gasteiger partial charge in [-0.05, 0) is 47.5 Å². The van der Waals surface area contributed by atoms with Gasteiger partial charge in [0, 0.05) is 0 Å². The van der Waals surface area contributed by atoms with Gasteiger partial charge in [-0.25, -0.2) is 9.59 Å². The lowest BCUT2D eigenvalue weighted by atomic mass is 10.2. The molecule has 1 aliphatic heterocycles. The van der Waals surface area contributed by atoms with Gasteiger partial charge in [0.05, 0.1) is 25.3 Å². The Morgan fingerprint density at radius 3 is 1.12 bits per heavy atom. The standard InChI is InChI=1S/C22H12Cl2N6O10/c1-35-15(33)7-3-9-13(31)10(4-7)38-20-26-18(24)28-22(30-20)40-12-6-8(16(34)36-2)5-11(14(12)32)39-21-27-17(23)25-19(29-21)37-9/h3-6,31-32H,1-2H3. The van der Waals surface area contributed by atoms with Crippen LogP contribution in [-0.4, -0.2) is 66.3 Å². The quantitative estimate of drug-likeness (QED) is 0.280. The summed E-state index contributed by atoms with van der Waals surface area (Å²) < 4.78 is 31.7. The molecule has 8 bridgehead atoms. The molecular weight excluding hydrogens is 579 g/mol. The highest BCUT2D eigenvalue weighted by Gasteiger charge is 2.24. The first kappa shape index (κ1) is 26.4. The van der Waals surface area contributed by atoms with Crippen molar-refractivity contribution in [2.45, 2.75) is 0 Å². The minimum atomic E-state index is -0.824. The first-order valence-corrected chi connectivity index (χ1v) is 11.3. The number of benzene rings is 2. The number of carbonyl (C=O) groups is 2. The van der Waals surface area contributed by atoms with E-state index in [-0.39, 0.29) is 11.1 Å². The average molecular weight is 591 g/mol. The maximum atomic E-state index is 12.3. The smallest absolute Gasteiger partial charge is 0.338 e. The number of aromatic hydroxyl groups is 2.